The zero-order valence-corrected chi connectivity index (χ0v) is 12.8. The third-order valence-corrected chi connectivity index (χ3v) is 3.62. The monoisotopic (exact) mass is 337 g/mol. The number of aliphatic hydroxyl groups excluding tert-OH is 1. The van der Waals surface area contributed by atoms with Gasteiger partial charge in [-0.05, 0) is 49.2 Å². The summed E-state index contributed by atoms with van der Waals surface area (Å²) in [5, 5.41) is 13.0. The quantitative estimate of drug-likeness (QED) is 0.864. The molecule has 0 radical (unpaired) electrons. The molecule has 2 N–H and O–H groups in total. The molecular weight excluding hydrogens is 321 g/mol. The molecule has 0 heterocycles. The molecule has 0 spiro atoms. The Bertz CT molecular complexity index is 573. The topological polar surface area (TPSA) is 32.3 Å². The van der Waals surface area contributed by atoms with E-state index in [0.29, 0.717) is 6.42 Å². The van der Waals surface area contributed by atoms with Crippen LogP contribution in [0.25, 0.3) is 0 Å². The van der Waals surface area contributed by atoms with Gasteiger partial charge in [0, 0.05) is 10.2 Å². The first-order valence-corrected chi connectivity index (χ1v) is 7.19. The lowest BCUT2D eigenvalue weighted by Gasteiger charge is -2.30. The zero-order valence-electron chi connectivity index (χ0n) is 11.2. The smallest absolute Gasteiger partial charge is 0.123 e. The van der Waals surface area contributed by atoms with Crippen molar-refractivity contribution >= 4 is 21.6 Å². The van der Waals surface area contributed by atoms with Gasteiger partial charge in [-0.25, -0.2) is 4.39 Å². The Morgan fingerprint density at radius 3 is 2.50 bits per heavy atom. The third kappa shape index (κ3) is 4.05. The van der Waals surface area contributed by atoms with Crippen LogP contribution in [0.1, 0.15) is 12.5 Å². The van der Waals surface area contributed by atoms with Crippen molar-refractivity contribution in [3.8, 4) is 0 Å². The molecule has 4 heteroatoms. The van der Waals surface area contributed by atoms with E-state index in [1.165, 1.54) is 12.1 Å². The predicted molar refractivity (Wildman–Crippen MR) is 83.4 cm³/mol. The molecule has 2 aromatic rings. The van der Waals surface area contributed by atoms with E-state index in [0.717, 1.165) is 15.7 Å². The van der Waals surface area contributed by atoms with Crippen LogP contribution in [0.5, 0.6) is 0 Å². The van der Waals surface area contributed by atoms with Gasteiger partial charge in [0.15, 0.2) is 0 Å². The van der Waals surface area contributed by atoms with Gasteiger partial charge < -0.3 is 10.4 Å². The number of hydrogen-bond donors (Lipinski definition) is 2. The fourth-order valence-electron chi connectivity index (χ4n) is 2.11. The summed E-state index contributed by atoms with van der Waals surface area (Å²) in [5.74, 6) is -0.251. The molecule has 20 heavy (non-hydrogen) atoms. The highest BCUT2D eigenvalue weighted by atomic mass is 79.9. The molecule has 1 unspecified atom stereocenters. The summed E-state index contributed by atoms with van der Waals surface area (Å²) < 4.78 is 13.9. The Labute approximate surface area is 126 Å². The molecule has 106 valence electrons. The van der Waals surface area contributed by atoms with Gasteiger partial charge in [0.25, 0.3) is 0 Å². The highest BCUT2D eigenvalue weighted by Gasteiger charge is 2.23. The first kappa shape index (κ1) is 15.0. The van der Waals surface area contributed by atoms with E-state index in [9.17, 15) is 9.50 Å². The lowest BCUT2D eigenvalue weighted by molar-refractivity contribution is 0.222. The van der Waals surface area contributed by atoms with Crippen LogP contribution >= 0.6 is 15.9 Å². The van der Waals surface area contributed by atoms with Crippen molar-refractivity contribution in [2.45, 2.75) is 18.9 Å². The molecule has 0 saturated heterocycles. The van der Waals surface area contributed by atoms with Crippen LogP contribution in [0.2, 0.25) is 0 Å². The van der Waals surface area contributed by atoms with E-state index < -0.39 is 5.54 Å². The van der Waals surface area contributed by atoms with Gasteiger partial charge >= 0.3 is 0 Å². The molecule has 0 aliphatic carbocycles. The first-order valence-electron chi connectivity index (χ1n) is 6.40. The van der Waals surface area contributed by atoms with Crippen LogP contribution in [0, 0.1) is 5.82 Å². The van der Waals surface area contributed by atoms with Crippen molar-refractivity contribution in [3.63, 3.8) is 0 Å². The highest BCUT2D eigenvalue weighted by Crippen LogP contribution is 2.22. The van der Waals surface area contributed by atoms with Crippen LogP contribution in [0.15, 0.2) is 53.0 Å². The van der Waals surface area contributed by atoms with Gasteiger partial charge in [-0.15, -0.1) is 0 Å². The van der Waals surface area contributed by atoms with Gasteiger partial charge in [-0.2, -0.15) is 0 Å². The van der Waals surface area contributed by atoms with Crippen molar-refractivity contribution in [2.75, 3.05) is 11.9 Å². The second-order valence-corrected chi connectivity index (χ2v) is 6.07. The van der Waals surface area contributed by atoms with Crippen LogP contribution in [-0.2, 0) is 6.42 Å². The highest BCUT2D eigenvalue weighted by molar-refractivity contribution is 9.10. The number of nitrogens with one attached hydrogen (secondary N) is 1. The minimum atomic E-state index is -0.501. The Kier molecular flexibility index (Phi) is 4.78. The maximum Gasteiger partial charge on any atom is 0.123 e. The predicted octanol–water partition coefficient (Wildman–Crippen LogP) is 3.99. The van der Waals surface area contributed by atoms with Crippen LogP contribution in [-0.4, -0.2) is 17.3 Å². The zero-order chi connectivity index (χ0) is 14.6. The first-order chi connectivity index (χ1) is 9.50. The molecule has 0 aliphatic rings. The summed E-state index contributed by atoms with van der Waals surface area (Å²) in [5.41, 5.74) is 1.40. The second kappa shape index (κ2) is 6.37. The van der Waals surface area contributed by atoms with Gasteiger partial charge in [0.2, 0.25) is 0 Å². The van der Waals surface area contributed by atoms with Crippen molar-refractivity contribution in [1.29, 1.82) is 0 Å². The number of anilines is 1. The summed E-state index contributed by atoms with van der Waals surface area (Å²) >= 11 is 3.42. The molecule has 0 fully saturated rings. The standard InChI is InChI=1S/C16H17BrFNO/c1-16(11-20,10-12-5-7-14(18)8-6-12)19-15-4-2-3-13(17)9-15/h2-9,19-20H,10-11H2,1H3. The molecule has 2 aromatic carbocycles. The normalized spacial score (nSPS) is 13.8. The minimum Gasteiger partial charge on any atom is -0.394 e. The maximum absolute atomic E-state index is 12.9. The Morgan fingerprint density at radius 2 is 1.90 bits per heavy atom. The van der Waals surface area contributed by atoms with E-state index in [4.69, 9.17) is 0 Å². The van der Waals surface area contributed by atoms with Gasteiger partial charge in [0.05, 0.1) is 12.1 Å². The van der Waals surface area contributed by atoms with E-state index in [-0.39, 0.29) is 12.4 Å². The Morgan fingerprint density at radius 1 is 1.20 bits per heavy atom. The summed E-state index contributed by atoms with van der Waals surface area (Å²) in [6.07, 6.45) is 0.607. The van der Waals surface area contributed by atoms with E-state index >= 15 is 0 Å². The Hall–Kier alpha value is -1.39. The van der Waals surface area contributed by atoms with E-state index in [2.05, 4.69) is 21.2 Å². The van der Waals surface area contributed by atoms with Crippen LogP contribution < -0.4 is 5.32 Å². The number of halogens is 2. The number of benzene rings is 2. The molecule has 0 saturated carbocycles. The average Bonchev–Trinajstić information content (AvgIpc) is 2.41. The lowest BCUT2D eigenvalue weighted by atomic mass is 9.93. The van der Waals surface area contributed by atoms with E-state index in [1.54, 1.807) is 12.1 Å². The molecule has 0 amide bonds. The fourth-order valence-corrected chi connectivity index (χ4v) is 2.51. The molecule has 1 atom stereocenters. The molecule has 2 nitrogen and oxygen atoms in total. The van der Waals surface area contributed by atoms with Crippen LogP contribution in [0.3, 0.4) is 0 Å². The summed E-state index contributed by atoms with van der Waals surface area (Å²) in [6, 6.07) is 14.1. The molecule has 0 aliphatic heterocycles. The average molecular weight is 338 g/mol. The van der Waals surface area contributed by atoms with Gasteiger partial charge in [-0.1, -0.05) is 34.1 Å². The Balaban J connectivity index is 2.14. The van der Waals surface area contributed by atoms with Crippen molar-refractivity contribution in [1.82, 2.24) is 0 Å². The SMILES string of the molecule is CC(CO)(Cc1ccc(F)cc1)Nc1cccc(Br)c1. The fraction of sp³-hybridized carbons (Fsp3) is 0.250. The lowest BCUT2D eigenvalue weighted by Crippen LogP contribution is -2.41. The van der Waals surface area contributed by atoms with Crippen molar-refractivity contribution < 1.29 is 9.50 Å². The molecule has 0 aromatic heterocycles. The van der Waals surface area contributed by atoms with Crippen molar-refractivity contribution in [3.05, 3.63) is 64.4 Å². The minimum absolute atomic E-state index is 0.0170. The number of hydrogen-bond acceptors (Lipinski definition) is 2. The maximum atomic E-state index is 12.9. The van der Waals surface area contributed by atoms with Gasteiger partial charge in [0.1, 0.15) is 5.82 Å². The number of rotatable bonds is 5. The van der Waals surface area contributed by atoms with Crippen LogP contribution in [0.4, 0.5) is 10.1 Å². The third-order valence-electron chi connectivity index (χ3n) is 3.13. The summed E-state index contributed by atoms with van der Waals surface area (Å²) in [4.78, 5) is 0. The summed E-state index contributed by atoms with van der Waals surface area (Å²) in [6.45, 7) is 1.92. The second-order valence-electron chi connectivity index (χ2n) is 5.16. The van der Waals surface area contributed by atoms with E-state index in [1.807, 2.05) is 31.2 Å². The summed E-state index contributed by atoms with van der Waals surface area (Å²) in [7, 11) is 0. The van der Waals surface area contributed by atoms with Gasteiger partial charge in [-0.3, -0.25) is 0 Å². The molecule has 2 rings (SSSR count). The molecule has 0 bridgehead atoms. The largest absolute Gasteiger partial charge is 0.394 e. The number of aliphatic hydroxyl groups is 1. The van der Waals surface area contributed by atoms with Crippen molar-refractivity contribution in [2.24, 2.45) is 0 Å². The molecular formula is C16H17BrFNO.